The second-order valence-corrected chi connectivity index (χ2v) is 2.89. The van der Waals surface area contributed by atoms with Crippen LogP contribution in [0.1, 0.15) is 19.8 Å². The zero-order valence-electron chi connectivity index (χ0n) is 8.66. The van der Waals surface area contributed by atoms with Gasteiger partial charge in [0.25, 0.3) is 0 Å². The summed E-state index contributed by atoms with van der Waals surface area (Å²) in [6.07, 6.45) is -1.46. The molecule has 0 aliphatic rings. The standard InChI is InChI=1S/C5H9NO4.C3H6O3/c6-3(5(9)10)1-2-4(7)8;1-2(4)3(5)6/h3H,1-2,6H2,(H,7,8)(H,9,10);2,4H,1H3,(H,5,6)/t3-;/m0./s1. The fourth-order valence-corrected chi connectivity index (χ4v) is 0.402. The van der Waals surface area contributed by atoms with Crippen molar-refractivity contribution >= 4 is 17.9 Å². The van der Waals surface area contributed by atoms with Gasteiger partial charge in [0.15, 0.2) is 0 Å². The van der Waals surface area contributed by atoms with Gasteiger partial charge in [-0.2, -0.15) is 0 Å². The van der Waals surface area contributed by atoms with Crippen LogP contribution in [0.25, 0.3) is 0 Å². The van der Waals surface area contributed by atoms with Gasteiger partial charge >= 0.3 is 17.9 Å². The van der Waals surface area contributed by atoms with Gasteiger partial charge in [-0.15, -0.1) is 0 Å². The van der Waals surface area contributed by atoms with Crippen molar-refractivity contribution in [1.82, 2.24) is 0 Å². The van der Waals surface area contributed by atoms with Gasteiger partial charge in [-0.25, -0.2) is 4.79 Å². The summed E-state index contributed by atoms with van der Waals surface area (Å²) in [5, 5.41) is 32.0. The van der Waals surface area contributed by atoms with Crippen LogP contribution in [0, 0.1) is 0 Å². The zero-order chi connectivity index (χ0) is 13.3. The van der Waals surface area contributed by atoms with E-state index in [-0.39, 0.29) is 12.8 Å². The monoisotopic (exact) mass is 237 g/mol. The van der Waals surface area contributed by atoms with Gasteiger partial charge < -0.3 is 26.2 Å². The van der Waals surface area contributed by atoms with Gasteiger partial charge in [0.2, 0.25) is 0 Å². The fraction of sp³-hybridized carbons (Fsp3) is 0.625. The van der Waals surface area contributed by atoms with Crippen molar-refractivity contribution in [2.24, 2.45) is 5.73 Å². The zero-order valence-corrected chi connectivity index (χ0v) is 8.66. The summed E-state index contributed by atoms with van der Waals surface area (Å²) in [4.78, 5) is 29.3. The van der Waals surface area contributed by atoms with E-state index in [4.69, 9.17) is 26.2 Å². The lowest BCUT2D eigenvalue weighted by atomic mass is 10.2. The summed E-state index contributed by atoms with van der Waals surface area (Å²) in [5.41, 5.74) is 5.00. The number of carbonyl (C=O) groups is 3. The molecule has 1 unspecified atom stereocenters. The molecule has 0 aliphatic heterocycles. The van der Waals surface area contributed by atoms with Crippen molar-refractivity contribution in [3.8, 4) is 0 Å². The third-order valence-corrected chi connectivity index (χ3v) is 1.34. The molecule has 0 rings (SSSR count). The Morgan fingerprint density at radius 2 is 1.50 bits per heavy atom. The van der Waals surface area contributed by atoms with E-state index in [2.05, 4.69) is 0 Å². The van der Waals surface area contributed by atoms with Crippen molar-refractivity contribution in [3.63, 3.8) is 0 Å². The molecule has 0 aromatic rings. The lowest BCUT2D eigenvalue weighted by Crippen LogP contribution is -2.30. The van der Waals surface area contributed by atoms with Crippen LogP contribution in [0.2, 0.25) is 0 Å². The summed E-state index contributed by atoms with van der Waals surface area (Å²) >= 11 is 0. The number of aliphatic hydroxyl groups excluding tert-OH is 1. The van der Waals surface area contributed by atoms with Gasteiger partial charge in [-0.05, 0) is 13.3 Å². The highest BCUT2D eigenvalue weighted by Gasteiger charge is 2.12. The molecule has 8 nitrogen and oxygen atoms in total. The number of rotatable bonds is 5. The molecule has 6 N–H and O–H groups in total. The molecular weight excluding hydrogens is 222 g/mol. The predicted molar refractivity (Wildman–Crippen MR) is 51.8 cm³/mol. The summed E-state index contributed by atoms with van der Waals surface area (Å²) in [5.74, 6) is -3.38. The van der Waals surface area contributed by atoms with Gasteiger partial charge in [0.1, 0.15) is 12.1 Å². The number of hydrogen-bond donors (Lipinski definition) is 5. The lowest BCUT2D eigenvalue weighted by Gasteiger charge is -2.01. The number of nitrogens with two attached hydrogens (primary N) is 1. The third kappa shape index (κ3) is 12.3. The minimum atomic E-state index is -1.23. The summed E-state index contributed by atoms with van der Waals surface area (Å²) in [6.45, 7) is 1.20. The van der Waals surface area contributed by atoms with Crippen LogP contribution in [0.4, 0.5) is 0 Å². The normalized spacial score (nSPS) is 12.9. The van der Waals surface area contributed by atoms with Gasteiger partial charge in [-0.1, -0.05) is 0 Å². The van der Waals surface area contributed by atoms with E-state index >= 15 is 0 Å². The number of aliphatic hydroxyl groups is 1. The van der Waals surface area contributed by atoms with Crippen molar-refractivity contribution < 1.29 is 34.8 Å². The highest BCUT2D eigenvalue weighted by molar-refractivity contribution is 5.74. The molecular formula is C8H15NO7. The minimum Gasteiger partial charge on any atom is -0.481 e. The van der Waals surface area contributed by atoms with Crippen LogP contribution in [0.5, 0.6) is 0 Å². The van der Waals surface area contributed by atoms with Crippen molar-refractivity contribution in [1.29, 1.82) is 0 Å². The smallest absolute Gasteiger partial charge is 0.332 e. The summed E-state index contributed by atoms with van der Waals surface area (Å²) in [6, 6.07) is -1.06. The summed E-state index contributed by atoms with van der Waals surface area (Å²) < 4.78 is 0. The molecule has 8 heteroatoms. The molecule has 0 aliphatic carbocycles. The van der Waals surface area contributed by atoms with Crippen molar-refractivity contribution in [2.45, 2.75) is 31.9 Å². The molecule has 0 bridgehead atoms. The van der Waals surface area contributed by atoms with Crippen LogP contribution in [0.15, 0.2) is 0 Å². The van der Waals surface area contributed by atoms with E-state index in [1.54, 1.807) is 0 Å². The molecule has 0 fully saturated rings. The molecule has 0 heterocycles. The molecule has 16 heavy (non-hydrogen) atoms. The molecule has 94 valence electrons. The average molecular weight is 237 g/mol. The first-order valence-electron chi connectivity index (χ1n) is 4.29. The number of hydrogen-bond acceptors (Lipinski definition) is 5. The van der Waals surface area contributed by atoms with Gasteiger partial charge in [-0.3, -0.25) is 9.59 Å². The lowest BCUT2D eigenvalue weighted by molar-refractivity contribution is -0.145. The Bertz CT molecular complexity index is 251. The summed E-state index contributed by atoms with van der Waals surface area (Å²) in [7, 11) is 0. The Kier molecular flexibility index (Phi) is 9.03. The first kappa shape index (κ1) is 16.7. The third-order valence-electron chi connectivity index (χ3n) is 1.34. The number of aliphatic carboxylic acids is 3. The molecule has 0 saturated heterocycles. The minimum absolute atomic E-state index is 0.0231. The quantitative estimate of drug-likeness (QED) is 0.395. The molecule has 0 aromatic carbocycles. The fourth-order valence-electron chi connectivity index (χ4n) is 0.402. The Morgan fingerprint density at radius 1 is 1.12 bits per heavy atom. The van der Waals surface area contributed by atoms with E-state index in [9.17, 15) is 14.4 Å². The van der Waals surface area contributed by atoms with E-state index in [1.807, 2.05) is 0 Å². The Morgan fingerprint density at radius 3 is 1.69 bits per heavy atom. The predicted octanol–water partition coefficient (Wildman–Crippen LogP) is -1.29. The molecule has 0 spiro atoms. The van der Waals surface area contributed by atoms with Crippen LogP contribution < -0.4 is 5.73 Å². The molecule has 0 aromatic heterocycles. The first-order valence-corrected chi connectivity index (χ1v) is 4.29. The Labute approximate surface area is 91.3 Å². The van der Waals surface area contributed by atoms with Crippen molar-refractivity contribution in [3.05, 3.63) is 0 Å². The molecule has 2 atom stereocenters. The SMILES string of the molecule is CC(O)C(=O)O.N[C@@H](CCC(=O)O)C(=O)O. The Balaban J connectivity index is 0. The Hall–Kier alpha value is -1.67. The van der Waals surface area contributed by atoms with Crippen LogP contribution in [-0.4, -0.2) is 50.5 Å². The van der Waals surface area contributed by atoms with Gasteiger partial charge in [0.05, 0.1) is 0 Å². The largest absolute Gasteiger partial charge is 0.481 e. The maximum absolute atomic E-state index is 9.99. The maximum atomic E-state index is 9.99. The molecule has 0 radical (unpaired) electrons. The molecule has 0 saturated carbocycles. The maximum Gasteiger partial charge on any atom is 0.332 e. The van der Waals surface area contributed by atoms with Gasteiger partial charge in [0, 0.05) is 6.42 Å². The number of carboxylic acids is 3. The highest BCUT2D eigenvalue weighted by Crippen LogP contribution is 1.93. The van der Waals surface area contributed by atoms with E-state index in [1.165, 1.54) is 6.92 Å². The number of carboxylic acid groups (broad SMARTS) is 3. The van der Waals surface area contributed by atoms with E-state index in [0.29, 0.717) is 0 Å². The highest BCUT2D eigenvalue weighted by atomic mass is 16.4. The average Bonchev–Trinajstić information content (AvgIpc) is 2.14. The van der Waals surface area contributed by atoms with E-state index < -0.39 is 30.1 Å². The van der Waals surface area contributed by atoms with Crippen LogP contribution >= 0.6 is 0 Å². The van der Waals surface area contributed by atoms with Crippen LogP contribution in [0.3, 0.4) is 0 Å². The second-order valence-electron chi connectivity index (χ2n) is 2.89. The topological polar surface area (TPSA) is 158 Å². The van der Waals surface area contributed by atoms with Crippen LogP contribution in [-0.2, 0) is 14.4 Å². The first-order chi connectivity index (χ1) is 7.18. The molecule has 0 amide bonds. The van der Waals surface area contributed by atoms with Crippen molar-refractivity contribution in [2.75, 3.05) is 0 Å². The second kappa shape index (κ2) is 8.62. The van der Waals surface area contributed by atoms with E-state index in [0.717, 1.165) is 0 Å².